The zero-order valence-corrected chi connectivity index (χ0v) is 9.98. The van der Waals surface area contributed by atoms with Crippen LogP contribution in [0.15, 0.2) is 18.2 Å². The first-order valence-corrected chi connectivity index (χ1v) is 5.86. The summed E-state index contributed by atoms with van der Waals surface area (Å²) >= 11 is 0. The number of nitrogens with zero attached hydrogens (tertiary/aromatic N) is 1. The second-order valence-corrected chi connectivity index (χ2v) is 4.28. The smallest absolute Gasteiger partial charge is 0.306 e. The second-order valence-electron chi connectivity index (χ2n) is 4.28. The third-order valence-corrected chi connectivity index (χ3v) is 2.98. The molecule has 0 bridgehead atoms. The molecule has 0 saturated carbocycles. The number of aryl methyl sites for hydroxylation is 1. The molecule has 1 aromatic carbocycles. The number of carboxylic acids is 1. The normalized spacial score (nSPS) is 14.3. The molecule has 0 fully saturated rings. The van der Waals surface area contributed by atoms with Crippen LogP contribution in [0.4, 0.5) is 5.69 Å². The van der Waals surface area contributed by atoms with Gasteiger partial charge in [-0.05, 0) is 24.5 Å². The maximum Gasteiger partial charge on any atom is 0.306 e. The number of hydrogen-bond donors (Lipinski definition) is 1. The van der Waals surface area contributed by atoms with Crippen LogP contribution in [0.2, 0.25) is 0 Å². The van der Waals surface area contributed by atoms with Crippen molar-refractivity contribution in [1.82, 2.24) is 0 Å². The molecular weight excluding hydrogens is 218 g/mol. The lowest BCUT2D eigenvalue weighted by molar-refractivity contribution is -0.137. The Bertz CT molecular complexity index is 417. The van der Waals surface area contributed by atoms with Crippen LogP contribution in [0.5, 0.6) is 5.75 Å². The van der Waals surface area contributed by atoms with E-state index < -0.39 is 5.97 Å². The van der Waals surface area contributed by atoms with Crippen LogP contribution in [-0.2, 0) is 11.2 Å². The van der Waals surface area contributed by atoms with E-state index in [0.29, 0.717) is 0 Å². The van der Waals surface area contributed by atoms with Crippen molar-refractivity contribution in [3.05, 3.63) is 23.8 Å². The average Bonchev–Trinajstić information content (AvgIpc) is 2.29. The van der Waals surface area contributed by atoms with Crippen molar-refractivity contribution in [2.75, 3.05) is 25.1 Å². The van der Waals surface area contributed by atoms with E-state index in [2.05, 4.69) is 11.0 Å². The minimum atomic E-state index is -0.830. The Hall–Kier alpha value is -1.71. The number of para-hydroxylation sites is 1. The van der Waals surface area contributed by atoms with Crippen molar-refractivity contribution >= 4 is 11.7 Å². The molecule has 1 heterocycles. The van der Waals surface area contributed by atoms with E-state index in [4.69, 9.17) is 9.84 Å². The number of anilines is 1. The molecule has 1 aromatic rings. The summed E-state index contributed by atoms with van der Waals surface area (Å²) in [5.41, 5.74) is 2.40. The molecule has 1 aliphatic rings. The van der Waals surface area contributed by atoms with Crippen LogP contribution in [0, 0.1) is 0 Å². The van der Waals surface area contributed by atoms with E-state index in [9.17, 15) is 4.79 Å². The molecule has 0 radical (unpaired) electrons. The van der Waals surface area contributed by atoms with Gasteiger partial charge in [0, 0.05) is 13.6 Å². The van der Waals surface area contributed by atoms with E-state index in [1.165, 1.54) is 5.56 Å². The lowest BCUT2D eigenvalue weighted by atomic mass is 10.0. The van der Waals surface area contributed by atoms with Crippen LogP contribution in [0.3, 0.4) is 0 Å². The largest absolute Gasteiger partial charge is 0.491 e. The van der Waals surface area contributed by atoms with Crippen LogP contribution in [-0.4, -0.2) is 31.3 Å². The number of rotatable bonds is 4. The summed E-state index contributed by atoms with van der Waals surface area (Å²) < 4.78 is 5.56. The van der Waals surface area contributed by atoms with Gasteiger partial charge >= 0.3 is 5.97 Å². The van der Waals surface area contributed by atoms with E-state index in [1.807, 2.05) is 19.2 Å². The molecule has 0 aliphatic carbocycles. The van der Waals surface area contributed by atoms with Crippen molar-refractivity contribution in [2.45, 2.75) is 19.3 Å². The van der Waals surface area contributed by atoms with Gasteiger partial charge in [0.05, 0.1) is 18.7 Å². The molecule has 1 N–H and O–H groups in total. The highest BCUT2D eigenvalue weighted by Crippen LogP contribution is 2.35. The predicted octanol–water partition coefficient (Wildman–Crippen LogP) is 1.92. The van der Waals surface area contributed by atoms with Gasteiger partial charge in [-0.2, -0.15) is 0 Å². The minimum absolute atomic E-state index is 0.0351. The van der Waals surface area contributed by atoms with E-state index in [1.54, 1.807) is 0 Å². The molecule has 0 unspecified atom stereocenters. The number of carbonyl (C=O) groups is 1. The molecule has 17 heavy (non-hydrogen) atoms. The summed E-state index contributed by atoms with van der Waals surface area (Å²) in [6.45, 7) is 1.24. The number of carboxylic acid groups (broad SMARTS) is 1. The van der Waals surface area contributed by atoms with Crippen LogP contribution in [0.1, 0.15) is 18.4 Å². The highest BCUT2D eigenvalue weighted by Gasteiger charge is 2.18. The van der Waals surface area contributed by atoms with Gasteiger partial charge in [0.15, 0.2) is 0 Å². The molecule has 2 rings (SSSR count). The second kappa shape index (κ2) is 5.08. The maximum atomic E-state index is 10.5. The van der Waals surface area contributed by atoms with E-state index in [-0.39, 0.29) is 13.0 Å². The first kappa shape index (κ1) is 11.8. The molecule has 0 spiro atoms. The van der Waals surface area contributed by atoms with Crippen LogP contribution < -0.4 is 9.64 Å². The summed E-state index contributed by atoms with van der Waals surface area (Å²) in [7, 11) is 2.04. The summed E-state index contributed by atoms with van der Waals surface area (Å²) in [5, 5.41) is 8.59. The number of benzene rings is 1. The molecule has 4 heteroatoms. The minimum Gasteiger partial charge on any atom is -0.491 e. The quantitative estimate of drug-likeness (QED) is 0.866. The summed E-state index contributed by atoms with van der Waals surface area (Å²) in [6, 6.07) is 5.98. The number of ether oxygens (including phenoxy) is 1. The average molecular weight is 235 g/mol. The first-order chi connectivity index (χ1) is 8.18. The van der Waals surface area contributed by atoms with Gasteiger partial charge < -0.3 is 14.7 Å². The van der Waals surface area contributed by atoms with E-state index >= 15 is 0 Å². The summed E-state index contributed by atoms with van der Waals surface area (Å²) in [4.78, 5) is 12.6. The molecule has 0 atom stereocenters. The SMILES string of the molecule is CN1CCCc2cccc(OCCC(=O)O)c21. The Morgan fingerprint density at radius 2 is 2.35 bits per heavy atom. The fourth-order valence-electron chi connectivity index (χ4n) is 2.19. The Morgan fingerprint density at radius 3 is 3.12 bits per heavy atom. The fourth-order valence-corrected chi connectivity index (χ4v) is 2.19. The van der Waals surface area contributed by atoms with Crippen molar-refractivity contribution in [3.63, 3.8) is 0 Å². The molecule has 1 aliphatic heterocycles. The highest BCUT2D eigenvalue weighted by molar-refractivity contribution is 5.67. The molecular formula is C13H17NO3. The zero-order valence-electron chi connectivity index (χ0n) is 9.98. The Labute approximate surface area is 101 Å². The number of aliphatic carboxylic acids is 1. The maximum absolute atomic E-state index is 10.5. The summed E-state index contributed by atoms with van der Waals surface area (Å²) in [6.07, 6.45) is 2.26. The molecule has 0 saturated heterocycles. The first-order valence-electron chi connectivity index (χ1n) is 5.86. The van der Waals surface area contributed by atoms with Crippen molar-refractivity contribution < 1.29 is 14.6 Å². The summed E-state index contributed by atoms with van der Waals surface area (Å²) in [5.74, 6) is -0.0332. The third-order valence-electron chi connectivity index (χ3n) is 2.98. The van der Waals surface area contributed by atoms with Crippen LogP contribution in [0.25, 0.3) is 0 Å². The van der Waals surface area contributed by atoms with Gasteiger partial charge in [0.1, 0.15) is 5.75 Å². The van der Waals surface area contributed by atoms with Gasteiger partial charge in [-0.3, -0.25) is 4.79 Å². The van der Waals surface area contributed by atoms with Gasteiger partial charge in [-0.1, -0.05) is 12.1 Å². The third kappa shape index (κ3) is 2.70. The van der Waals surface area contributed by atoms with E-state index in [0.717, 1.165) is 30.8 Å². The van der Waals surface area contributed by atoms with Gasteiger partial charge in [-0.15, -0.1) is 0 Å². The Balaban J connectivity index is 2.14. The highest BCUT2D eigenvalue weighted by atomic mass is 16.5. The number of hydrogen-bond acceptors (Lipinski definition) is 3. The van der Waals surface area contributed by atoms with Gasteiger partial charge in [0.25, 0.3) is 0 Å². The van der Waals surface area contributed by atoms with Crippen molar-refractivity contribution in [2.24, 2.45) is 0 Å². The van der Waals surface area contributed by atoms with Gasteiger partial charge in [0.2, 0.25) is 0 Å². The standard InChI is InChI=1S/C13H17NO3/c1-14-8-3-5-10-4-2-6-11(13(10)14)17-9-7-12(15)16/h2,4,6H,3,5,7-9H2,1H3,(H,15,16). The zero-order chi connectivity index (χ0) is 12.3. The monoisotopic (exact) mass is 235 g/mol. The van der Waals surface area contributed by atoms with Crippen molar-refractivity contribution in [1.29, 1.82) is 0 Å². The van der Waals surface area contributed by atoms with Crippen LogP contribution >= 0.6 is 0 Å². The molecule has 0 aromatic heterocycles. The topological polar surface area (TPSA) is 49.8 Å². The molecule has 0 amide bonds. The fraction of sp³-hybridized carbons (Fsp3) is 0.462. The molecule has 4 nitrogen and oxygen atoms in total. The lowest BCUT2D eigenvalue weighted by Gasteiger charge is -2.29. The Morgan fingerprint density at radius 1 is 1.53 bits per heavy atom. The number of fused-ring (bicyclic) bond motifs is 1. The lowest BCUT2D eigenvalue weighted by Crippen LogP contribution is -2.25. The van der Waals surface area contributed by atoms with Crippen molar-refractivity contribution in [3.8, 4) is 5.75 Å². The molecule has 92 valence electrons. The van der Waals surface area contributed by atoms with Gasteiger partial charge in [-0.25, -0.2) is 0 Å². The Kier molecular flexibility index (Phi) is 3.52. The predicted molar refractivity (Wildman–Crippen MR) is 65.8 cm³/mol.